The maximum atomic E-state index is 11.0. The molecule has 0 radical (unpaired) electrons. The number of ketones is 1. The van der Waals surface area contributed by atoms with Gasteiger partial charge in [-0.15, -0.1) is 0 Å². The van der Waals surface area contributed by atoms with E-state index in [9.17, 15) is 4.79 Å². The molecule has 2 heteroatoms. The van der Waals surface area contributed by atoms with Gasteiger partial charge < -0.3 is 5.73 Å². The fourth-order valence-corrected chi connectivity index (χ4v) is 2.07. The molecule has 2 nitrogen and oxygen atoms in total. The lowest BCUT2D eigenvalue weighted by molar-refractivity contribution is -0.122. The van der Waals surface area contributed by atoms with E-state index in [0.29, 0.717) is 11.7 Å². The molecule has 0 aromatic carbocycles. The lowest BCUT2D eigenvalue weighted by atomic mass is 9.94. The van der Waals surface area contributed by atoms with Gasteiger partial charge >= 0.3 is 0 Å². The standard InChI is InChI=1S/C7H11NO/c8-7-2-1-5(4-7)3-6(7)9/h5H,1-4,8H2/t5-,7+/m0/s1. The SMILES string of the molecule is N[C@@]12CC[C@@H](CC1=O)C2. The largest absolute Gasteiger partial charge is 0.319 e. The van der Waals surface area contributed by atoms with Crippen LogP contribution in [0, 0.1) is 5.92 Å². The Morgan fingerprint density at radius 3 is 2.67 bits per heavy atom. The Balaban J connectivity index is 2.32. The van der Waals surface area contributed by atoms with Crippen molar-refractivity contribution in [2.45, 2.75) is 31.2 Å². The molecule has 2 aliphatic carbocycles. The van der Waals surface area contributed by atoms with Crippen LogP contribution in [0.5, 0.6) is 0 Å². The second-order valence-electron chi connectivity index (χ2n) is 3.39. The number of rotatable bonds is 0. The van der Waals surface area contributed by atoms with E-state index in [4.69, 9.17) is 5.73 Å². The molecule has 2 rings (SSSR count). The van der Waals surface area contributed by atoms with E-state index < -0.39 is 0 Å². The third-order valence-corrected chi connectivity index (χ3v) is 2.68. The monoisotopic (exact) mass is 125 g/mol. The van der Waals surface area contributed by atoms with Gasteiger partial charge in [-0.1, -0.05) is 0 Å². The highest BCUT2D eigenvalue weighted by Crippen LogP contribution is 2.43. The van der Waals surface area contributed by atoms with Gasteiger partial charge in [0.2, 0.25) is 0 Å². The molecule has 2 N–H and O–H groups in total. The topological polar surface area (TPSA) is 43.1 Å². The summed E-state index contributed by atoms with van der Waals surface area (Å²) >= 11 is 0. The summed E-state index contributed by atoms with van der Waals surface area (Å²) in [7, 11) is 0. The molecular weight excluding hydrogens is 114 g/mol. The van der Waals surface area contributed by atoms with Crippen molar-refractivity contribution in [1.82, 2.24) is 0 Å². The molecule has 2 atom stereocenters. The van der Waals surface area contributed by atoms with Crippen LogP contribution in [0.2, 0.25) is 0 Å². The highest BCUT2D eigenvalue weighted by Gasteiger charge is 2.48. The number of hydrogen-bond acceptors (Lipinski definition) is 2. The van der Waals surface area contributed by atoms with Gasteiger partial charge in [0.15, 0.2) is 5.78 Å². The van der Waals surface area contributed by atoms with Crippen LogP contribution in [-0.4, -0.2) is 11.3 Å². The third-order valence-electron chi connectivity index (χ3n) is 2.68. The van der Waals surface area contributed by atoms with Crippen molar-refractivity contribution in [3.63, 3.8) is 0 Å². The van der Waals surface area contributed by atoms with Gasteiger partial charge in [-0.3, -0.25) is 4.79 Å². The van der Waals surface area contributed by atoms with Gasteiger partial charge in [0, 0.05) is 6.42 Å². The number of carbonyl (C=O) groups is 1. The van der Waals surface area contributed by atoms with E-state index in [-0.39, 0.29) is 5.54 Å². The Kier molecular flexibility index (Phi) is 0.826. The molecule has 2 aliphatic rings. The zero-order chi connectivity index (χ0) is 6.48. The quantitative estimate of drug-likeness (QED) is 0.511. The summed E-state index contributed by atoms with van der Waals surface area (Å²) in [5, 5.41) is 0. The number of carbonyl (C=O) groups excluding carboxylic acids is 1. The summed E-state index contributed by atoms with van der Waals surface area (Å²) in [6.07, 6.45) is 3.85. The van der Waals surface area contributed by atoms with Crippen LogP contribution in [-0.2, 0) is 4.79 Å². The van der Waals surface area contributed by atoms with E-state index in [1.54, 1.807) is 0 Å². The molecule has 0 amide bonds. The summed E-state index contributed by atoms with van der Waals surface area (Å²) in [5.41, 5.74) is 5.42. The van der Waals surface area contributed by atoms with E-state index in [0.717, 1.165) is 19.3 Å². The lowest BCUT2D eigenvalue weighted by Gasteiger charge is -2.17. The zero-order valence-corrected chi connectivity index (χ0v) is 5.39. The summed E-state index contributed by atoms with van der Waals surface area (Å²) in [4.78, 5) is 11.0. The Morgan fingerprint density at radius 1 is 1.67 bits per heavy atom. The Labute approximate surface area is 54.4 Å². The van der Waals surface area contributed by atoms with Gasteiger partial charge in [-0.25, -0.2) is 0 Å². The van der Waals surface area contributed by atoms with Crippen LogP contribution >= 0.6 is 0 Å². The summed E-state index contributed by atoms with van der Waals surface area (Å²) < 4.78 is 0. The minimum atomic E-state index is -0.370. The van der Waals surface area contributed by atoms with Crippen LogP contribution in [0.15, 0.2) is 0 Å². The first-order chi connectivity index (χ1) is 4.21. The fourth-order valence-electron chi connectivity index (χ4n) is 2.07. The normalized spacial score (nSPS) is 48.6. The first-order valence-electron chi connectivity index (χ1n) is 3.53. The minimum Gasteiger partial charge on any atom is -0.319 e. The van der Waals surface area contributed by atoms with Crippen molar-refractivity contribution in [3.8, 4) is 0 Å². The van der Waals surface area contributed by atoms with Crippen LogP contribution < -0.4 is 5.73 Å². The Hall–Kier alpha value is -0.370. The van der Waals surface area contributed by atoms with E-state index in [1.807, 2.05) is 0 Å². The highest BCUT2D eigenvalue weighted by molar-refractivity contribution is 5.91. The van der Waals surface area contributed by atoms with Crippen LogP contribution in [0.1, 0.15) is 25.7 Å². The number of Topliss-reactive ketones (excluding diaryl/α,β-unsaturated/α-hetero) is 1. The fraction of sp³-hybridized carbons (Fsp3) is 0.857. The van der Waals surface area contributed by atoms with Crippen molar-refractivity contribution in [1.29, 1.82) is 0 Å². The van der Waals surface area contributed by atoms with Crippen molar-refractivity contribution in [2.24, 2.45) is 11.7 Å². The summed E-state index contributed by atoms with van der Waals surface area (Å²) in [6.45, 7) is 0. The number of nitrogens with two attached hydrogens (primary N) is 1. The first-order valence-corrected chi connectivity index (χ1v) is 3.53. The van der Waals surface area contributed by atoms with Crippen molar-refractivity contribution in [2.75, 3.05) is 0 Å². The van der Waals surface area contributed by atoms with Crippen LogP contribution in [0.4, 0.5) is 0 Å². The van der Waals surface area contributed by atoms with Gasteiger partial charge in [0.1, 0.15) is 0 Å². The molecule has 2 fully saturated rings. The maximum Gasteiger partial charge on any atom is 0.152 e. The molecule has 2 bridgehead atoms. The molecule has 0 aliphatic heterocycles. The average molecular weight is 125 g/mol. The van der Waals surface area contributed by atoms with Crippen LogP contribution in [0.3, 0.4) is 0 Å². The third kappa shape index (κ3) is 0.568. The molecule has 0 aromatic rings. The van der Waals surface area contributed by atoms with Crippen molar-refractivity contribution < 1.29 is 4.79 Å². The first kappa shape index (κ1) is 5.42. The molecule has 0 unspecified atom stereocenters. The molecule has 0 aromatic heterocycles. The highest BCUT2D eigenvalue weighted by atomic mass is 16.1. The second kappa shape index (κ2) is 1.37. The predicted molar refractivity (Wildman–Crippen MR) is 33.9 cm³/mol. The maximum absolute atomic E-state index is 11.0. The molecule has 0 heterocycles. The predicted octanol–water partition coefficient (Wildman–Crippen LogP) is 0.457. The Bertz CT molecular complexity index is 166. The molecule has 2 saturated carbocycles. The van der Waals surface area contributed by atoms with Crippen molar-refractivity contribution in [3.05, 3.63) is 0 Å². The molecular formula is C7H11NO. The lowest BCUT2D eigenvalue weighted by Crippen LogP contribution is -2.42. The van der Waals surface area contributed by atoms with E-state index >= 15 is 0 Å². The van der Waals surface area contributed by atoms with Gasteiger partial charge in [-0.2, -0.15) is 0 Å². The zero-order valence-electron chi connectivity index (χ0n) is 5.39. The number of fused-ring (bicyclic) bond motifs is 2. The van der Waals surface area contributed by atoms with Gasteiger partial charge in [0.25, 0.3) is 0 Å². The Morgan fingerprint density at radius 2 is 2.44 bits per heavy atom. The second-order valence-corrected chi connectivity index (χ2v) is 3.39. The smallest absolute Gasteiger partial charge is 0.152 e. The van der Waals surface area contributed by atoms with Gasteiger partial charge in [-0.05, 0) is 25.2 Å². The summed E-state index contributed by atoms with van der Waals surface area (Å²) in [6, 6.07) is 0. The number of hydrogen-bond donors (Lipinski definition) is 1. The van der Waals surface area contributed by atoms with Crippen LogP contribution in [0.25, 0.3) is 0 Å². The van der Waals surface area contributed by atoms with Gasteiger partial charge in [0.05, 0.1) is 5.54 Å². The molecule has 50 valence electrons. The van der Waals surface area contributed by atoms with E-state index in [2.05, 4.69) is 0 Å². The molecule has 9 heavy (non-hydrogen) atoms. The minimum absolute atomic E-state index is 0.304. The molecule has 0 saturated heterocycles. The summed E-state index contributed by atoms with van der Waals surface area (Å²) in [5.74, 6) is 0.946. The molecule has 0 spiro atoms. The average Bonchev–Trinajstić information content (AvgIpc) is 2.22. The van der Waals surface area contributed by atoms with Crippen molar-refractivity contribution >= 4 is 5.78 Å². The van der Waals surface area contributed by atoms with E-state index in [1.165, 1.54) is 6.42 Å².